The van der Waals surface area contributed by atoms with Crippen LogP contribution in [-0.4, -0.2) is 12.3 Å². The Morgan fingerprint density at radius 2 is 2.12 bits per heavy atom. The molecule has 0 aromatic heterocycles. The highest BCUT2D eigenvalue weighted by Gasteiger charge is 1.96. The molecule has 0 bridgehead atoms. The second kappa shape index (κ2) is 4.25. The molecule has 1 atom stereocenters. The van der Waals surface area contributed by atoms with E-state index in [1.165, 1.54) is 0 Å². The number of rotatable bonds is 3. The van der Waals surface area contributed by atoms with Crippen molar-refractivity contribution in [3.63, 3.8) is 0 Å². The van der Waals surface area contributed by atoms with E-state index in [0.717, 1.165) is 0 Å². The highest BCUT2D eigenvalue weighted by molar-refractivity contribution is 7.45. The Balaban J connectivity index is 3.17. The van der Waals surface area contributed by atoms with Gasteiger partial charge in [0.05, 0.1) is 0 Å². The average Bonchev–Trinajstić information content (AvgIpc) is 1.67. The molecular formula is C5H12O2P-. The van der Waals surface area contributed by atoms with E-state index < -0.39 is 8.38 Å². The van der Waals surface area contributed by atoms with Crippen LogP contribution in [0.15, 0.2) is 0 Å². The van der Waals surface area contributed by atoms with Crippen LogP contribution in [0.1, 0.15) is 20.8 Å². The smallest absolute Gasteiger partial charge is 0.0464 e. The van der Waals surface area contributed by atoms with Crippen molar-refractivity contribution in [3.05, 3.63) is 0 Å². The molecule has 1 unspecified atom stereocenters. The first-order valence-corrected chi connectivity index (χ1v) is 4.02. The molecule has 0 amide bonds. The van der Waals surface area contributed by atoms with E-state index >= 15 is 0 Å². The van der Waals surface area contributed by atoms with E-state index in [0.29, 0.717) is 6.61 Å². The monoisotopic (exact) mass is 135 g/mol. The minimum Gasteiger partial charge on any atom is -0.808 e. The molecule has 0 aliphatic rings. The van der Waals surface area contributed by atoms with Gasteiger partial charge in [0, 0.05) is 6.61 Å². The van der Waals surface area contributed by atoms with E-state index in [2.05, 4.69) is 0 Å². The van der Waals surface area contributed by atoms with Crippen molar-refractivity contribution in [2.24, 2.45) is 0 Å². The van der Waals surface area contributed by atoms with Crippen LogP contribution in [0, 0.1) is 0 Å². The van der Waals surface area contributed by atoms with Crippen LogP contribution in [0.5, 0.6) is 0 Å². The van der Waals surface area contributed by atoms with Crippen molar-refractivity contribution in [2.45, 2.75) is 26.4 Å². The lowest BCUT2D eigenvalue weighted by molar-refractivity contribution is -0.181. The van der Waals surface area contributed by atoms with Gasteiger partial charge in [0.25, 0.3) is 0 Å². The zero-order valence-corrected chi connectivity index (χ0v) is 6.44. The van der Waals surface area contributed by atoms with E-state index in [1.54, 1.807) is 0 Å². The minimum absolute atomic E-state index is 0.157. The maximum Gasteiger partial charge on any atom is 0.0464 e. The lowest BCUT2D eigenvalue weighted by atomic mass is 10.6. The quantitative estimate of drug-likeness (QED) is 0.543. The van der Waals surface area contributed by atoms with E-state index in [1.807, 2.05) is 20.8 Å². The van der Waals surface area contributed by atoms with Crippen molar-refractivity contribution in [2.75, 3.05) is 6.61 Å². The maximum atomic E-state index is 10.7. The first-order chi connectivity index (χ1) is 3.68. The fourth-order valence-electron chi connectivity index (χ4n) is 0.276. The van der Waals surface area contributed by atoms with Gasteiger partial charge >= 0.3 is 0 Å². The normalized spacial score (nSPS) is 14.6. The fraction of sp³-hybridized carbons (Fsp3) is 1.00. The second-order valence-electron chi connectivity index (χ2n) is 1.80. The molecule has 8 heavy (non-hydrogen) atoms. The summed E-state index contributed by atoms with van der Waals surface area (Å²) in [5.74, 6) is 0. The van der Waals surface area contributed by atoms with Crippen molar-refractivity contribution < 1.29 is 9.42 Å². The number of hydrogen-bond acceptors (Lipinski definition) is 2. The molecule has 0 spiro atoms. The average molecular weight is 135 g/mol. The van der Waals surface area contributed by atoms with Crippen LogP contribution in [0.3, 0.4) is 0 Å². The molecule has 50 valence electrons. The Labute approximate surface area is 51.8 Å². The molecule has 0 N–H and O–H groups in total. The summed E-state index contributed by atoms with van der Waals surface area (Å²) in [6.45, 7) is 6.16. The summed E-state index contributed by atoms with van der Waals surface area (Å²) < 4.78 is 4.81. The summed E-state index contributed by atoms with van der Waals surface area (Å²) in [4.78, 5) is 10.7. The summed E-state index contributed by atoms with van der Waals surface area (Å²) in [6, 6.07) is 0. The molecular weight excluding hydrogens is 123 g/mol. The molecule has 0 aliphatic heterocycles. The zero-order valence-electron chi connectivity index (χ0n) is 5.55. The van der Waals surface area contributed by atoms with Gasteiger partial charge in [0.15, 0.2) is 0 Å². The van der Waals surface area contributed by atoms with E-state index in [4.69, 9.17) is 4.52 Å². The van der Waals surface area contributed by atoms with Gasteiger partial charge in [-0.3, -0.25) is 0 Å². The van der Waals surface area contributed by atoms with Crippen LogP contribution in [0.4, 0.5) is 0 Å². The zero-order chi connectivity index (χ0) is 6.57. The van der Waals surface area contributed by atoms with Gasteiger partial charge in [0.1, 0.15) is 0 Å². The SMILES string of the molecule is CCOP([O-])C(C)C. The summed E-state index contributed by atoms with van der Waals surface area (Å²) in [6.07, 6.45) is 0. The van der Waals surface area contributed by atoms with Gasteiger partial charge in [-0.15, -0.1) is 0 Å². The highest BCUT2D eigenvalue weighted by Crippen LogP contribution is 2.31. The summed E-state index contributed by atoms with van der Waals surface area (Å²) in [5.41, 5.74) is 0.157. The summed E-state index contributed by atoms with van der Waals surface area (Å²) in [7, 11) is -1.39. The Morgan fingerprint density at radius 3 is 2.25 bits per heavy atom. The van der Waals surface area contributed by atoms with E-state index in [9.17, 15) is 4.89 Å². The Hall–Kier alpha value is 0.350. The largest absolute Gasteiger partial charge is 0.808 e. The molecule has 0 aromatic carbocycles. The molecule has 2 nitrogen and oxygen atoms in total. The van der Waals surface area contributed by atoms with Gasteiger partial charge in [0.2, 0.25) is 0 Å². The first kappa shape index (κ1) is 8.35. The third-order valence-electron chi connectivity index (χ3n) is 0.678. The fourth-order valence-corrected chi connectivity index (χ4v) is 0.829. The van der Waals surface area contributed by atoms with Gasteiger partial charge in [-0.05, 0) is 12.6 Å². The topological polar surface area (TPSA) is 32.3 Å². The van der Waals surface area contributed by atoms with Crippen molar-refractivity contribution in [3.8, 4) is 0 Å². The molecule has 0 rings (SSSR count). The second-order valence-corrected chi connectivity index (χ2v) is 3.66. The Kier molecular flexibility index (Phi) is 4.44. The highest BCUT2D eigenvalue weighted by atomic mass is 31.2. The lowest BCUT2D eigenvalue weighted by Gasteiger charge is -2.25. The van der Waals surface area contributed by atoms with Crippen LogP contribution in [-0.2, 0) is 4.52 Å². The summed E-state index contributed by atoms with van der Waals surface area (Å²) in [5, 5.41) is 0. The summed E-state index contributed by atoms with van der Waals surface area (Å²) >= 11 is 0. The van der Waals surface area contributed by atoms with Crippen molar-refractivity contribution >= 4 is 8.38 Å². The Bertz CT molecular complexity index is 56.4. The molecule has 0 saturated carbocycles. The predicted octanol–water partition coefficient (Wildman–Crippen LogP) is 1.10. The van der Waals surface area contributed by atoms with Crippen LogP contribution in [0.25, 0.3) is 0 Å². The predicted molar refractivity (Wildman–Crippen MR) is 33.7 cm³/mol. The molecule has 0 aromatic rings. The molecule has 0 saturated heterocycles. The number of hydrogen-bond donors (Lipinski definition) is 0. The molecule has 0 aliphatic carbocycles. The van der Waals surface area contributed by atoms with Gasteiger partial charge in [-0.2, -0.15) is 0 Å². The van der Waals surface area contributed by atoms with Crippen molar-refractivity contribution in [1.29, 1.82) is 0 Å². The van der Waals surface area contributed by atoms with Gasteiger partial charge in [-0.25, -0.2) is 0 Å². The third kappa shape index (κ3) is 3.36. The van der Waals surface area contributed by atoms with Crippen molar-refractivity contribution in [1.82, 2.24) is 0 Å². The van der Waals surface area contributed by atoms with E-state index in [-0.39, 0.29) is 5.66 Å². The lowest BCUT2D eigenvalue weighted by Crippen LogP contribution is -2.07. The van der Waals surface area contributed by atoms with Gasteiger partial charge in [-0.1, -0.05) is 22.2 Å². The maximum absolute atomic E-state index is 10.7. The molecule has 0 heterocycles. The Morgan fingerprint density at radius 1 is 1.62 bits per heavy atom. The minimum atomic E-state index is -1.39. The molecule has 0 radical (unpaired) electrons. The van der Waals surface area contributed by atoms with Gasteiger partial charge < -0.3 is 9.42 Å². The van der Waals surface area contributed by atoms with Crippen LogP contribution in [0.2, 0.25) is 0 Å². The van der Waals surface area contributed by atoms with Crippen LogP contribution >= 0.6 is 8.38 Å². The third-order valence-corrected chi connectivity index (χ3v) is 2.03. The van der Waals surface area contributed by atoms with Crippen LogP contribution < -0.4 is 4.89 Å². The molecule has 3 heteroatoms. The first-order valence-electron chi connectivity index (χ1n) is 2.77. The molecule has 0 fully saturated rings. The standard InChI is InChI=1S/C5H12O2P/c1-4-7-8(6)5(2)3/h5H,4H2,1-3H3/q-1.